The lowest BCUT2D eigenvalue weighted by Crippen LogP contribution is -2.42. The number of amides is 1. The minimum Gasteiger partial charge on any atom is -0.338 e. The van der Waals surface area contributed by atoms with Gasteiger partial charge in [-0.05, 0) is 31.9 Å². The highest BCUT2D eigenvalue weighted by atomic mass is 35.5. The molecule has 1 aromatic carbocycles. The molecule has 1 aromatic rings. The number of aryl methyl sites for hydroxylation is 1. The quantitative estimate of drug-likeness (QED) is 0.906. The van der Waals surface area contributed by atoms with Crippen LogP contribution in [0.2, 0.25) is 0 Å². The number of carbonyl (C=O) groups excluding carboxylic acids is 1. The molecule has 0 radical (unpaired) electrons. The maximum Gasteiger partial charge on any atom is 0.227 e. The van der Waals surface area contributed by atoms with E-state index in [1.54, 1.807) is 0 Å². The summed E-state index contributed by atoms with van der Waals surface area (Å²) < 4.78 is 0. The molecule has 1 atom stereocenters. The molecule has 3 nitrogen and oxygen atoms in total. The van der Waals surface area contributed by atoms with Gasteiger partial charge in [-0.1, -0.05) is 36.8 Å². The van der Waals surface area contributed by atoms with E-state index < -0.39 is 0 Å². The standard InChI is InChI=1S/C16H24N2O.ClH/c1-3-10-18(15-8-9-17-12-15)16(19)11-14-6-4-13(2)5-7-14;/h4-7,15,17H,3,8-12H2,1-2H3;1H. The molecule has 0 saturated carbocycles. The number of benzene rings is 1. The second kappa shape index (κ2) is 8.28. The second-order valence-corrected chi connectivity index (χ2v) is 5.40. The molecule has 1 N–H and O–H groups in total. The summed E-state index contributed by atoms with van der Waals surface area (Å²) in [5.74, 6) is 0.263. The molecule has 0 spiro atoms. The largest absolute Gasteiger partial charge is 0.338 e. The first-order valence-electron chi connectivity index (χ1n) is 7.26. The Balaban J connectivity index is 0.00000200. The molecule has 1 saturated heterocycles. The number of halogens is 1. The SMILES string of the molecule is CCCN(C(=O)Cc1ccc(C)cc1)C1CCNC1.Cl. The lowest BCUT2D eigenvalue weighted by Gasteiger charge is -2.28. The minimum absolute atomic E-state index is 0. The third kappa shape index (κ3) is 4.50. The lowest BCUT2D eigenvalue weighted by atomic mass is 10.1. The zero-order chi connectivity index (χ0) is 13.7. The molecule has 0 bridgehead atoms. The van der Waals surface area contributed by atoms with Gasteiger partial charge in [0, 0.05) is 19.1 Å². The summed E-state index contributed by atoms with van der Waals surface area (Å²) in [6.07, 6.45) is 2.63. The fourth-order valence-corrected chi connectivity index (χ4v) is 2.64. The van der Waals surface area contributed by atoms with Crippen LogP contribution in [0.3, 0.4) is 0 Å². The van der Waals surface area contributed by atoms with Crippen molar-refractivity contribution in [3.8, 4) is 0 Å². The van der Waals surface area contributed by atoms with E-state index in [0.29, 0.717) is 12.5 Å². The van der Waals surface area contributed by atoms with E-state index in [0.717, 1.165) is 38.0 Å². The van der Waals surface area contributed by atoms with Crippen LogP contribution in [-0.2, 0) is 11.2 Å². The first-order chi connectivity index (χ1) is 9.20. The van der Waals surface area contributed by atoms with Gasteiger partial charge < -0.3 is 10.2 Å². The summed E-state index contributed by atoms with van der Waals surface area (Å²) in [4.78, 5) is 14.5. The molecule has 1 aliphatic heterocycles. The highest BCUT2D eigenvalue weighted by Crippen LogP contribution is 2.13. The smallest absolute Gasteiger partial charge is 0.227 e. The fourth-order valence-electron chi connectivity index (χ4n) is 2.64. The summed E-state index contributed by atoms with van der Waals surface area (Å²) in [7, 11) is 0. The van der Waals surface area contributed by atoms with Gasteiger partial charge in [-0.3, -0.25) is 4.79 Å². The first kappa shape index (κ1) is 17.0. The Morgan fingerprint density at radius 2 is 2.05 bits per heavy atom. The highest BCUT2D eigenvalue weighted by molar-refractivity contribution is 5.85. The Hall–Kier alpha value is -1.06. The van der Waals surface area contributed by atoms with Crippen LogP contribution in [0.15, 0.2) is 24.3 Å². The van der Waals surface area contributed by atoms with E-state index in [1.807, 2.05) is 0 Å². The van der Waals surface area contributed by atoms with E-state index in [-0.39, 0.29) is 18.3 Å². The molecule has 2 rings (SSSR count). The maximum absolute atomic E-state index is 12.5. The fraction of sp³-hybridized carbons (Fsp3) is 0.562. The first-order valence-corrected chi connectivity index (χ1v) is 7.26. The molecule has 112 valence electrons. The average Bonchev–Trinajstić information content (AvgIpc) is 2.92. The topological polar surface area (TPSA) is 32.3 Å². The Kier molecular flexibility index (Phi) is 7.03. The van der Waals surface area contributed by atoms with E-state index in [1.165, 1.54) is 5.56 Å². The molecule has 0 aliphatic carbocycles. The van der Waals surface area contributed by atoms with Crippen molar-refractivity contribution < 1.29 is 4.79 Å². The number of rotatable bonds is 5. The van der Waals surface area contributed by atoms with Crippen molar-refractivity contribution in [1.29, 1.82) is 0 Å². The highest BCUT2D eigenvalue weighted by Gasteiger charge is 2.25. The van der Waals surface area contributed by atoms with Gasteiger partial charge in [0.25, 0.3) is 0 Å². The van der Waals surface area contributed by atoms with E-state index in [4.69, 9.17) is 0 Å². The van der Waals surface area contributed by atoms with Gasteiger partial charge in [0.1, 0.15) is 0 Å². The number of hydrogen-bond acceptors (Lipinski definition) is 2. The second-order valence-electron chi connectivity index (χ2n) is 5.40. The number of carbonyl (C=O) groups is 1. The predicted molar refractivity (Wildman–Crippen MR) is 85.4 cm³/mol. The summed E-state index contributed by atoms with van der Waals surface area (Å²) in [6, 6.07) is 8.65. The molecule has 1 heterocycles. The predicted octanol–water partition coefficient (Wildman–Crippen LogP) is 2.56. The van der Waals surface area contributed by atoms with E-state index in [9.17, 15) is 4.79 Å². The minimum atomic E-state index is 0. The zero-order valence-electron chi connectivity index (χ0n) is 12.4. The molecular formula is C16H25ClN2O. The van der Waals surface area contributed by atoms with Crippen molar-refractivity contribution in [3.05, 3.63) is 35.4 Å². The van der Waals surface area contributed by atoms with Crippen LogP contribution in [0.4, 0.5) is 0 Å². The van der Waals surface area contributed by atoms with Crippen molar-refractivity contribution in [2.75, 3.05) is 19.6 Å². The molecule has 1 unspecified atom stereocenters. The Morgan fingerprint density at radius 1 is 1.35 bits per heavy atom. The van der Waals surface area contributed by atoms with Crippen LogP contribution in [0.1, 0.15) is 30.9 Å². The zero-order valence-corrected chi connectivity index (χ0v) is 13.2. The van der Waals surface area contributed by atoms with Crippen molar-refractivity contribution in [2.45, 2.75) is 39.2 Å². The number of nitrogens with one attached hydrogen (secondary N) is 1. The van der Waals surface area contributed by atoms with Gasteiger partial charge >= 0.3 is 0 Å². The van der Waals surface area contributed by atoms with Crippen molar-refractivity contribution in [1.82, 2.24) is 10.2 Å². The summed E-state index contributed by atoms with van der Waals surface area (Å²) in [5, 5.41) is 3.34. The van der Waals surface area contributed by atoms with E-state index in [2.05, 4.69) is 48.3 Å². The molecular weight excluding hydrogens is 272 g/mol. The number of nitrogens with zero attached hydrogens (tertiary/aromatic N) is 1. The van der Waals surface area contributed by atoms with Gasteiger partial charge in [0.05, 0.1) is 6.42 Å². The van der Waals surface area contributed by atoms with Crippen molar-refractivity contribution in [2.24, 2.45) is 0 Å². The average molecular weight is 297 g/mol. The molecule has 0 aromatic heterocycles. The Labute approximate surface area is 128 Å². The van der Waals surface area contributed by atoms with E-state index >= 15 is 0 Å². The van der Waals surface area contributed by atoms with Gasteiger partial charge in [-0.15, -0.1) is 12.4 Å². The Bertz CT molecular complexity index is 413. The molecule has 20 heavy (non-hydrogen) atoms. The third-order valence-electron chi connectivity index (χ3n) is 3.74. The molecule has 1 fully saturated rings. The maximum atomic E-state index is 12.5. The van der Waals surface area contributed by atoms with Crippen LogP contribution in [0.25, 0.3) is 0 Å². The van der Waals surface area contributed by atoms with Crippen molar-refractivity contribution in [3.63, 3.8) is 0 Å². The number of hydrogen-bond donors (Lipinski definition) is 1. The third-order valence-corrected chi connectivity index (χ3v) is 3.74. The van der Waals surface area contributed by atoms with Crippen molar-refractivity contribution >= 4 is 18.3 Å². The monoisotopic (exact) mass is 296 g/mol. The molecule has 1 aliphatic rings. The summed E-state index contributed by atoms with van der Waals surface area (Å²) in [5.41, 5.74) is 2.35. The van der Waals surface area contributed by atoms with Crippen LogP contribution in [0.5, 0.6) is 0 Å². The molecule has 1 amide bonds. The lowest BCUT2D eigenvalue weighted by molar-refractivity contribution is -0.132. The van der Waals surface area contributed by atoms with Gasteiger partial charge in [-0.25, -0.2) is 0 Å². The van der Waals surface area contributed by atoms with Gasteiger partial charge in [0.15, 0.2) is 0 Å². The van der Waals surface area contributed by atoms with Crippen LogP contribution in [0, 0.1) is 6.92 Å². The summed E-state index contributed by atoms with van der Waals surface area (Å²) in [6.45, 7) is 7.05. The normalized spacial score (nSPS) is 17.6. The Morgan fingerprint density at radius 3 is 2.60 bits per heavy atom. The van der Waals surface area contributed by atoms with Crippen LogP contribution in [-0.4, -0.2) is 36.5 Å². The summed E-state index contributed by atoms with van der Waals surface area (Å²) >= 11 is 0. The van der Waals surface area contributed by atoms with Crippen LogP contribution < -0.4 is 5.32 Å². The van der Waals surface area contributed by atoms with Crippen LogP contribution >= 0.6 is 12.4 Å². The molecule has 4 heteroatoms. The van der Waals surface area contributed by atoms with Gasteiger partial charge in [-0.2, -0.15) is 0 Å². The van der Waals surface area contributed by atoms with Gasteiger partial charge in [0.2, 0.25) is 5.91 Å².